The normalized spacial score (nSPS) is 19.2. The Kier molecular flexibility index (Phi) is 6.09. The van der Waals surface area contributed by atoms with E-state index in [0.717, 1.165) is 58.0 Å². The molecule has 0 unspecified atom stereocenters. The molecular formula is C22H25BrN7OPS. The molecular weight excluding hydrogens is 521 g/mol. The summed E-state index contributed by atoms with van der Waals surface area (Å²) >= 11 is 5.11. The molecule has 0 bridgehead atoms. The molecule has 11 heteroatoms. The van der Waals surface area contributed by atoms with Gasteiger partial charge in [0.15, 0.2) is 5.65 Å². The summed E-state index contributed by atoms with van der Waals surface area (Å²) in [5.74, 6) is 0.574. The molecule has 4 aromatic rings. The van der Waals surface area contributed by atoms with Crippen LogP contribution in [-0.2, 0) is 4.57 Å². The first-order valence-electron chi connectivity index (χ1n) is 10.9. The molecule has 1 aliphatic rings. The monoisotopic (exact) mass is 545 g/mol. The van der Waals surface area contributed by atoms with Crippen LogP contribution in [0.5, 0.6) is 0 Å². The lowest BCUT2D eigenvalue weighted by molar-refractivity contribution is 0.452. The Hall–Kier alpha value is -2.16. The summed E-state index contributed by atoms with van der Waals surface area (Å²) in [4.78, 5) is 9.32. The number of aromatic nitrogens is 6. The standard InChI is InChI=1S/C22H25BrN7OPS/c1-13-27-28-21(33-13)14-7-9-16(10-8-14)30-20-18(19(23)29-30)12-24-22(26-20)25-15-5-4-6-17(11-15)32(2,3)31/h7-10,12,15,17H,4-6,11H2,1-3H3,(H,24,25,26)/t15-,17-/m1/s1. The third-order valence-electron chi connectivity index (χ3n) is 6.12. The van der Waals surface area contributed by atoms with Crippen molar-refractivity contribution >= 4 is 51.4 Å². The molecule has 0 aliphatic heterocycles. The molecule has 0 spiro atoms. The number of nitrogens with one attached hydrogen (secondary N) is 1. The summed E-state index contributed by atoms with van der Waals surface area (Å²) in [5, 5.41) is 19.1. The highest BCUT2D eigenvalue weighted by Crippen LogP contribution is 2.49. The predicted octanol–water partition coefficient (Wildman–Crippen LogP) is 5.75. The van der Waals surface area contributed by atoms with Gasteiger partial charge in [-0.15, -0.1) is 10.2 Å². The van der Waals surface area contributed by atoms with E-state index in [1.807, 2.05) is 49.2 Å². The minimum atomic E-state index is -2.10. The minimum Gasteiger partial charge on any atom is -0.351 e. The number of aryl methyl sites for hydroxylation is 1. The van der Waals surface area contributed by atoms with Crippen molar-refractivity contribution in [2.24, 2.45) is 0 Å². The van der Waals surface area contributed by atoms with Crippen LogP contribution in [0.4, 0.5) is 5.95 Å². The summed E-state index contributed by atoms with van der Waals surface area (Å²) in [5.41, 5.74) is 2.91. The number of anilines is 1. The van der Waals surface area contributed by atoms with E-state index in [2.05, 4.69) is 41.5 Å². The second kappa shape index (κ2) is 8.89. The second-order valence-corrected chi connectivity index (χ2v) is 14.4. The second-order valence-electron chi connectivity index (χ2n) is 8.90. The van der Waals surface area contributed by atoms with Gasteiger partial charge >= 0.3 is 0 Å². The lowest BCUT2D eigenvalue weighted by Crippen LogP contribution is -2.30. The fourth-order valence-electron chi connectivity index (χ4n) is 4.32. The maximum absolute atomic E-state index is 12.6. The van der Waals surface area contributed by atoms with Crippen LogP contribution >= 0.6 is 34.4 Å². The van der Waals surface area contributed by atoms with Crippen LogP contribution in [0.2, 0.25) is 0 Å². The Morgan fingerprint density at radius 2 is 1.97 bits per heavy atom. The average Bonchev–Trinajstić information content (AvgIpc) is 3.37. The quantitative estimate of drug-likeness (QED) is 0.318. The third-order valence-corrected chi connectivity index (χ3v) is 9.82. The van der Waals surface area contributed by atoms with Crippen molar-refractivity contribution in [2.75, 3.05) is 18.6 Å². The van der Waals surface area contributed by atoms with Crippen LogP contribution in [0.3, 0.4) is 0 Å². The van der Waals surface area contributed by atoms with Gasteiger partial charge in [0.2, 0.25) is 5.95 Å². The minimum absolute atomic E-state index is 0.226. The Morgan fingerprint density at radius 3 is 2.67 bits per heavy atom. The maximum atomic E-state index is 12.6. The molecule has 5 rings (SSSR count). The molecule has 0 amide bonds. The molecule has 3 heterocycles. The summed E-state index contributed by atoms with van der Waals surface area (Å²) in [6.45, 7) is 5.75. The Bertz CT molecular complexity index is 1350. The molecule has 1 fully saturated rings. The van der Waals surface area contributed by atoms with Crippen LogP contribution in [0.25, 0.3) is 27.3 Å². The van der Waals surface area contributed by atoms with Crippen molar-refractivity contribution in [1.29, 1.82) is 0 Å². The van der Waals surface area contributed by atoms with E-state index in [1.54, 1.807) is 17.5 Å². The number of hydrogen-bond acceptors (Lipinski definition) is 8. The van der Waals surface area contributed by atoms with Crippen LogP contribution in [0.1, 0.15) is 30.7 Å². The molecule has 1 N–H and O–H groups in total. The maximum Gasteiger partial charge on any atom is 0.224 e. The van der Waals surface area contributed by atoms with Gasteiger partial charge < -0.3 is 9.88 Å². The van der Waals surface area contributed by atoms with Crippen LogP contribution < -0.4 is 5.32 Å². The summed E-state index contributed by atoms with van der Waals surface area (Å²) in [6, 6.07) is 8.28. The largest absolute Gasteiger partial charge is 0.351 e. The molecule has 8 nitrogen and oxygen atoms in total. The number of benzene rings is 1. The molecule has 0 radical (unpaired) electrons. The topological polar surface area (TPSA) is 98.5 Å². The van der Waals surface area contributed by atoms with Gasteiger partial charge in [0.05, 0.1) is 18.2 Å². The summed E-state index contributed by atoms with van der Waals surface area (Å²) in [6.07, 6.45) is 5.82. The zero-order chi connectivity index (χ0) is 23.2. The highest BCUT2D eigenvalue weighted by molar-refractivity contribution is 9.10. The van der Waals surface area contributed by atoms with E-state index in [0.29, 0.717) is 10.6 Å². The average molecular weight is 546 g/mol. The van der Waals surface area contributed by atoms with E-state index < -0.39 is 7.14 Å². The molecule has 33 heavy (non-hydrogen) atoms. The van der Waals surface area contributed by atoms with Gasteiger partial charge in [0.25, 0.3) is 0 Å². The van der Waals surface area contributed by atoms with Gasteiger partial charge in [-0.3, -0.25) is 0 Å². The fourth-order valence-corrected chi connectivity index (χ4v) is 7.02. The fraction of sp³-hybridized carbons (Fsp3) is 0.409. The molecule has 172 valence electrons. The molecule has 0 saturated heterocycles. The van der Waals surface area contributed by atoms with Crippen molar-refractivity contribution in [3.63, 3.8) is 0 Å². The first-order chi connectivity index (χ1) is 15.8. The molecule has 1 saturated carbocycles. The Balaban J connectivity index is 1.42. The molecule has 1 aromatic carbocycles. The zero-order valence-corrected chi connectivity index (χ0v) is 22.0. The van der Waals surface area contributed by atoms with Crippen LogP contribution in [-0.4, -0.2) is 55.0 Å². The highest BCUT2D eigenvalue weighted by atomic mass is 79.9. The summed E-state index contributed by atoms with van der Waals surface area (Å²) < 4.78 is 15.1. The summed E-state index contributed by atoms with van der Waals surface area (Å²) in [7, 11) is -2.10. The van der Waals surface area contributed by atoms with E-state index in [1.165, 1.54) is 0 Å². The van der Waals surface area contributed by atoms with E-state index in [-0.39, 0.29) is 11.7 Å². The first kappa shape index (κ1) is 22.6. The predicted molar refractivity (Wildman–Crippen MR) is 137 cm³/mol. The number of fused-ring (bicyclic) bond motifs is 1. The van der Waals surface area contributed by atoms with Gasteiger partial charge in [-0.05, 0) is 79.7 Å². The molecule has 3 aromatic heterocycles. The number of hydrogen-bond donors (Lipinski definition) is 1. The lowest BCUT2D eigenvalue weighted by atomic mass is 9.95. The van der Waals surface area contributed by atoms with Crippen molar-refractivity contribution < 1.29 is 4.57 Å². The first-order valence-corrected chi connectivity index (χ1v) is 15.2. The van der Waals surface area contributed by atoms with E-state index in [4.69, 9.17) is 4.98 Å². The van der Waals surface area contributed by atoms with E-state index >= 15 is 0 Å². The molecule has 1 aliphatic carbocycles. The third kappa shape index (κ3) is 4.74. The lowest BCUT2D eigenvalue weighted by Gasteiger charge is -2.32. The Morgan fingerprint density at radius 1 is 1.18 bits per heavy atom. The zero-order valence-electron chi connectivity index (χ0n) is 18.7. The molecule has 2 atom stereocenters. The van der Waals surface area contributed by atoms with Crippen molar-refractivity contribution in [2.45, 2.75) is 44.3 Å². The van der Waals surface area contributed by atoms with Crippen molar-refractivity contribution in [3.8, 4) is 16.3 Å². The number of nitrogens with zero attached hydrogens (tertiary/aromatic N) is 6. The SMILES string of the molecule is Cc1nnc(-c2ccc(-n3nc(Br)c4cnc(N[C@@H]5CCC[C@@H](P(C)(C)=O)C5)nc43)cc2)s1. The van der Waals surface area contributed by atoms with Gasteiger partial charge in [-0.1, -0.05) is 17.8 Å². The Labute approximate surface area is 204 Å². The van der Waals surface area contributed by atoms with Crippen molar-refractivity contribution in [1.82, 2.24) is 29.9 Å². The van der Waals surface area contributed by atoms with Gasteiger partial charge in [0, 0.05) is 23.5 Å². The number of rotatable bonds is 5. The number of halogens is 1. The van der Waals surface area contributed by atoms with Gasteiger partial charge in [-0.25, -0.2) is 9.67 Å². The van der Waals surface area contributed by atoms with Crippen LogP contribution in [0.15, 0.2) is 35.1 Å². The van der Waals surface area contributed by atoms with Crippen LogP contribution in [0, 0.1) is 6.92 Å². The highest BCUT2D eigenvalue weighted by Gasteiger charge is 2.30. The van der Waals surface area contributed by atoms with E-state index in [9.17, 15) is 4.57 Å². The van der Waals surface area contributed by atoms with Gasteiger partial charge in [-0.2, -0.15) is 10.1 Å². The van der Waals surface area contributed by atoms with Crippen molar-refractivity contribution in [3.05, 3.63) is 40.1 Å². The smallest absolute Gasteiger partial charge is 0.224 e. The van der Waals surface area contributed by atoms with Gasteiger partial charge in [0.1, 0.15) is 14.6 Å².